The molecule has 0 radical (unpaired) electrons. The van der Waals surface area contributed by atoms with Crippen molar-refractivity contribution in [1.82, 2.24) is 19.6 Å². The SMILES string of the molecule is CCCCCCC(CCCC)(CCCCCCN(CCCCCCC(CCCC)(CCCCCC)C(N)=O)CCN1CCN(CCN(CCCCCCC(CCCC)(CCCCCC)C(N)=O)CCCCCCC(CCCC)(CCCCCC)C(N)=O)CC1)C(N)=O. The van der Waals surface area contributed by atoms with Crippen LogP contribution in [0.4, 0.5) is 0 Å². The van der Waals surface area contributed by atoms with Gasteiger partial charge in [0, 0.05) is 74.0 Å². The van der Waals surface area contributed by atoms with Crippen LogP contribution in [-0.4, -0.2) is 122 Å². The van der Waals surface area contributed by atoms with Crippen molar-refractivity contribution < 1.29 is 19.2 Å². The molecule has 1 rings (SSSR count). The molecular weight excluding hydrogens is 1140 g/mol. The molecule has 8 N–H and O–H groups in total. The predicted molar refractivity (Wildman–Crippen MR) is 398 cm³/mol. The number of primary amides is 4. The van der Waals surface area contributed by atoms with Crippen LogP contribution >= 0.6 is 0 Å². The summed E-state index contributed by atoms with van der Waals surface area (Å²) >= 11 is 0. The van der Waals surface area contributed by atoms with Gasteiger partial charge in [-0.05, 0) is 129 Å². The van der Waals surface area contributed by atoms with E-state index in [9.17, 15) is 19.2 Å². The molecule has 1 fully saturated rings. The van der Waals surface area contributed by atoms with Crippen molar-refractivity contribution in [3.05, 3.63) is 0 Å². The van der Waals surface area contributed by atoms with Gasteiger partial charge in [-0.15, -0.1) is 0 Å². The molecule has 0 spiro atoms. The summed E-state index contributed by atoms with van der Waals surface area (Å²) in [7, 11) is 0. The van der Waals surface area contributed by atoms with Crippen LogP contribution in [0.2, 0.25) is 0 Å². The summed E-state index contributed by atoms with van der Waals surface area (Å²) < 4.78 is 0. The first-order valence-electron chi connectivity index (χ1n) is 40.7. The van der Waals surface area contributed by atoms with Crippen molar-refractivity contribution in [3.63, 3.8) is 0 Å². The first-order valence-corrected chi connectivity index (χ1v) is 40.7. The Morgan fingerprint density at radius 1 is 0.239 bits per heavy atom. The largest absolute Gasteiger partial charge is 0.369 e. The number of rotatable bonds is 70. The van der Waals surface area contributed by atoms with Crippen LogP contribution in [-0.2, 0) is 19.2 Å². The monoisotopic (exact) mass is 1300 g/mol. The molecular formula is C80H160N8O4. The van der Waals surface area contributed by atoms with Crippen LogP contribution in [0.25, 0.3) is 0 Å². The first kappa shape index (κ1) is 87.7. The summed E-state index contributed by atoms with van der Waals surface area (Å²) in [5.41, 5.74) is 23.6. The average Bonchev–Trinajstić information content (AvgIpc) is 1.32. The summed E-state index contributed by atoms with van der Waals surface area (Å²) in [6, 6.07) is 0. The van der Waals surface area contributed by atoms with Gasteiger partial charge >= 0.3 is 0 Å². The molecule has 0 aromatic carbocycles. The average molecular weight is 1300 g/mol. The van der Waals surface area contributed by atoms with Gasteiger partial charge in [-0.3, -0.25) is 29.0 Å². The molecule has 0 bridgehead atoms. The smallest absolute Gasteiger partial charge is 0.223 e. The Balaban J connectivity index is 3.08. The molecule has 1 saturated heterocycles. The van der Waals surface area contributed by atoms with E-state index >= 15 is 0 Å². The molecule has 0 aromatic rings. The molecule has 0 aromatic heterocycles. The zero-order valence-electron chi connectivity index (χ0n) is 63.0. The Labute approximate surface area is 572 Å². The van der Waals surface area contributed by atoms with E-state index in [1.54, 1.807) is 0 Å². The molecule has 544 valence electrons. The second kappa shape index (κ2) is 56.7. The highest BCUT2D eigenvalue weighted by molar-refractivity contribution is 5.82. The van der Waals surface area contributed by atoms with Crippen LogP contribution in [0.5, 0.6) is 0 Å². The van der Waals surface area contributed by atoms with Gasteiger partial charge in [0.25, 0.3) is 0 Å². The minimum atomic E-state index is -0.336. The molecule has 4 amide bonds. The van der Waals surface area contributed by atoms with Gasteiger partial charge in [0.2, 0.25) is 23.6 Å². The number of nitrogens with zero attached hydrogens (tertiary/aromatic N) is 4. The van der Waals surface area contributed by atoms with Gasteiger partial charge in [0.15, 0.2) is 0 Å². The zero-order valence-corrected chi connectivity index (χ0v) is 63.0. The van der Waals surface area contributed by atoms with Crippen molar-refractivity contribution in [2.75, 3.05) is 78.5 Å². The molecule has 12 nitrogen and oxygen atoms in total. The number of hydrogen-bond donors (Lipinski definition) is 4. The van der Waals surface area contributed by atoms with Gasteiger partial charge in [-0.2, -0.15) is 0 Å². The Morgan fingerprint density at radius 3 is 0.576 bits per heavy atom. The molecule has 12 heteroatoms. The second-order valence-corrected chi connectivity index (χ2v) is 30.3. The summed E-state index contributed by atoms with van der Waals surface area (Å²) in [5, 5.41) is 0. The van der Waals surface area contributed by atoms with Crippen LogP contribution in [0.15, 0.2) is 0 Å². The van der Waals surface area contributed by atoms with E-state index in [-0.39, 0.29) is 45.3 Å². The number of piperazine rings is 1. The normalized spacial score (nSPS) is 16.0. The Morgan fingerprint density at radius 2 is 0.402 bits per heavy atom. The standard InChI is InChI=1S/C80H160N8O4/c1-9-17-25-37-53-77(73(81)89,49-21-13-5)57-41-29-33-45-61-85(62-46-34-30-42-58-78(74(82)90,50-22-14-6)54-38-26-18-10-2)65-67-87-69-71-88(72-70-87)68-66-86(63-47-35-31-43-59-79(75(83)91,51-23-15-7)55-39-27-19-11-3)64-48-36-32-44-60-80(76(84)92,52-24-16-8)56-40-28-20-12-4/h9-72H2,1-8H3,(H2,81,89)(H2,82,90)(H2,83,91)(H2,84,92). The fourth-order valence-electron chi connectivity index (χ4n) is 15.7. The molecule has 4 unspecified atom stereocenters. The number of carbonyl (C=O) groups excluding carboxylic acids is 4. The van der Waals surface area contributed by atoms with Crippen molar-refractivity contribution in [2.24, 2.45) is 44.6 Å². The number of nitrogens with two attached hydrogens (primary N) is 4. The topological polar surface area (TPSA) is 185 Å². The molecule has 1 heterocycles. The minimum Gasteiger partial charge on any atom is -0.369 e. The molecule has 4 atom stereocenters. The summed E-state index contributed by atoms with van der Waals surface area (Å²) in [6.45, 7) is 31.4. The van der Waals surface area contributed by atoms with E-state index in [2.05, 4.69) is 75.0 Å². The van der Waals surface area contributed by atoms with E-state index in [1.165, 1.54) is 128 Å². The number of amides is 4. The number of hydrogen-bond acceptors (Lipinski definition) is 8. The third kappa shape index (κ3) is 39.2. The number of unbranched alkanes of at least 4 members (excludes halogenated alkanes) is 28. The molecule has 1 aliphatic heterocycles. The highest BCUT2D eigenvalue weighted by Gasteiger charge is 2.38. The van der Waals surface area contributed by atoms with Gasteiger partial charge in [0.1, 0.15) is 0 Å². The van der Waals surface area contributed by atoms with Crippen molar-refractivity contribution in [1.29, 1.82) is 0 Å². The van der Waals surface area contributed by atoms with E-state index in [0.717, 1.165) is 284 Å². The van der Waals surface area contributed by atoms with Crippen molar-refractivity contribution in [2.45, 2.75) is 389 Å². The lowest BCUT2D eigenvalue weighted by Gasteiger charge is -2.37. The number of carbonyl (C=O) groups is 4. The highest BCUT2D eigenvalue weighted by atomic mass is 16.2. The van der Waals surface area contributed by atoms with Crippen molar-refractivity contribution in [3.8, 4) is 0 Å². The van der Waals surface area contributed by atoms with Crippen LogP contribution in [0, 0.1) is 21.7 Å². The highest BCUT2D eigenvalue weighted by Crippen LogP contribution is 2.41. The Hall–Kier alpha value is -2.28. The third-order valence-electron chi connectivity index (χ3n) is 22.6. The van der Waals surface area contributed by atoms with Gasteiger partial charge in [-0.25, -0.2) is 0 Å². The Kier molecular flexibility index (Phi) is 54.1. The predicted octanol–water partition coefficient (Wildman–Crippen LogP) is 19.5. The second-order valence-electron chi connectivity index (χ2n) is 30.3. The van der Waals surface area contributed by atoms with Crippen LogP contribution < -0.4 is 22.9 Å². The lowest BCUT2D eigenvalue weighted by atomic mass is 9.73. The van der Waals surface area contributed by atoms with Gasteiger partial charge in [0.05, 0.1) is 0 Å². The third-order valence-corrected chi connectivity index (χ3v) is 22.6. The lowest BCUT2D eigenvalue weighted by Crippen LogP contribution is -2.50. The van der Waals surface area contributed by atoms with E-state index in [4.69, 9.17) is 22.9 Å². The van der Waals surface area contributed by atoms with E-state index < -0.39 is 0 Å². The zero-order chi connectivity index (χ0) is 67.9. The van der Waals surface area contributed by atoms with Gasteiger partial charge in [-0.1, -0.05) is 287 Å². The molecule has 92 heavy (non-hydrogen) atoms. The maximum Gasteiger partial charge on any atom is 0.223 e. The summed E-state index contributed by atoms with van der Waals surface area (Å²) in [5.74, 6) is -0.248. The fourth-order valence-corrected chi connectivity index (χ4v) is 15.7. The van der Waals surface area contributed by atoms with Crippen LogP contribution in [0.3, 0.4) is 0 Å². The van der Waals surface area contributed by atoms with E-state index in [1.807, 2.05) is 0 Å². The minimum absolute atomic E-state index is 0.0620. The first-order chi connectivity index (χ1) is 44.6. The maximum atomic E-state index is 13.1. The Bertz CT molecular complexity index is 1530. The fraction of sp³-hybridized carbons (Fsp3) is 0.950. The molecule has 0 saturated carbocycles. The lowest BCUT2D eigenvalue weighted by molar-refractivity contribution is -0.130. The molecule has 1 aliphatic rings. The molecule has 0 aliphatic carbocycles. The maximum absolute atomic E-state index is 13.1. The van der Waals surface area contributed by atoms with Crippen LogP contribution in [0.1, 0.15) is 389 Å². The van der Waals surface area contributed by atoms with Gasteiger partial charge < -0.3 is 32.7 Å². The quantitative estimate of drug-likeness (QED) is 0.0433. The summed E-state index contributed by atoms with van der Waals surface area (Å²) in [4.78, 5) is 63.3. The summed E-state index contributed by atoms with van der Waals surface area (Å²) in [6.07, 6.45) is 57.6. The van der Waals surface area contributed by atoms with Crippen molar-refractivity contribution >= 4 is 23.6 Å². The van der Waals surface area contributed by atoms with E-state index in [0.29, 0.717) is 0 Å².